The van der Waals surface area contributed by atoms with Gasteiger partial charge in [0.1, 0.15) is 11.6 Å². The normalized spacial score (nSPS) is 18.3. The molecule has 0 bridgehead atoms. The van der Waals surface area contributed by atoms with Crippen LogP contribution in [0.4, 0.5) is 5.82 Å². The zero-order valence-electron chi connectivity index (χ0n) is 13.9. The molecular weight excluding hydrogens is 288 g/mol. The SMILES string of the molecule is CCN(C[C@H]1CCCCO1)c1nc(CCN)nc2ccccc12. The standard InChI is InChI=1S/C18H26N4O/c1-2-22(13-14-7-5-6-12-23-14)18-15-8-3-4-9-16(15)20-17(21-18)10-11-19/h3-4,8-9,14H,2,5-7,10-13,19H2,1H3/t14-/m1/s1. The van der Waals surface area contributed by atoms with Gasteiger partial charge in [-0.15, -0.1) is 0 Å². The molecule has 5 heteroatoms. The van der Waals surface area contributed by atoms with Crippen LogP contribution in [0, 0.1) is 0 Å². The van der Waals surface area contributed by atoms with Crippen LogP contribution in [0.3, 0.4) is 0 Å². The molecule has 0 radical (unpaired) electrons. The van der Waals surface area contributed by atoms with Gasteiger partial charge >= 0.3 is 0 Å². The Morgan fingerprint density at radius 3 is 2.87 bits per heavy atom. The molecule has 0 amide bonds. The Bertz CT molecular complexity index is 640. The number of anilines is 1. The second-order valence-corrected chi connectivity index (χ2v) is 6.05. The van der Waals surface area contributed by atoms with Gasteiger partial charge in [-0.1, -0.05) is 12.1 Å². The first-order valence-electron chi connectivity index (χ1n) is 8.64. The molecule has 0 spiro atoms. The van der Waals surface area contributed by atoms with Crippen molar-refractivity contribution in [2.75, 3.05) is 31.1 Å². The lowest BCUT2D eigenvalue weighted by Gasteiger charge is -2.30. The molecule has 1 fully saturated rings. The van der Waals surface area contributed by atoms with Gasteiger partial charge in [0.25, 0.3) is 0 Å². The Kier molecular flexibility index (Phi) is 5.41. The van der Waals surface area contributed by atoms with Crippen molar-refractivity contribution in [2.45, 2.75) is 38.7 Å². The number of rotatable bonds is 6. The number of ether oxygens (including phenoxy) is 1. The summed E-state index contributed by atoms with van der Waals surface area (Å²) in [5, 5.41) is 1.10. The molecule has 1 saturated heterocycles. The fraction of sp³-hybridized carbons (Fsp3) is 0.556. The van der Waals surface area contributed by atoms with E-state index in [1.165, 1.54) is 12.8 Å². The van der Waals surface area contributed by atoms with Gasteiger partial charge in [0, 0.05) is 31.5 Å². The Morgan fingerprint density at radius 1 is 1.26 bits per heavy atom. The Hall–Kier alpha value is -1.72. The Labute approximate surface area is 137 Å². The molecule has 0 aliphatic carbocycles. The first-order chi connectivity index (χ1) is 11.3. The van der Waals surface area contributed by atoms with Crippen molar-refractivity contribution in [1.82, 2.24) is 9.97 Å². The van der Waals surface area contributed by atoms with Crippen LogP contribution in [-0.2, 0) is 11.2 Å². The molecule has 5 nitrogen and oxygen atoms in total. The molecular formula is C18H26N4O. The highest BCUT2D eigenvalue weighted by molar-refractivity contribution is 5.89. The largest absolute Gasteiger partial charge is 0.376 e. The lowest BCUT2D eigenvalue weighted by atomic mass is 10.1. The van der Waals surface area contributed by atoms with E-state index >= 15 is 0 Å². The smallest absolute Gasteiger partial charge is 0.140 e. The van der Waals surface area contributed by atoms with Crippen molar-refractivity contribution in [2.24, 2.45) is 5.73 Å². The van der Waals surface area contributed by atoms with Crippen molar-refractivity contribution in [3.05, 3.63) is 30.1 Å². The average molecular weight is 314 g/mol. The number of nitrogens with two attached hydrogens (primary N) is 1. The highest BCUT2D eigenvalue weighted by Gasteiger charge is 2.20. The summed E-state index contributed by atoms with van der Waals surface area (Å²) in [7, 11) is 0. The summed E-state index contributed by atoms with van der Waals surface area (Å²) < 4.78 is 5.92. The summed E-state index contributed by atoms with van der Waals surface area (Å²) in [5.74, 6) is 1.83. The highest BCUT2D eigenvalue weighted by atomic mass is 16.5. The predicted octanol–water partition coefficient (Wildman–Crippen LogP) is 2.53. The number of benzene rings is 1. The molecule has 2 heterocycles. The van der Waals surface area contributed by atoms with Gasteiger partial charge in [-0.25, -0.2) is 9.97 Å². The van der Waals surface area contributed by atoms with Crippen LogP contribution in [0.2, 0.25) is 0 Å². The summed E-state index contributed by atoms with van der Waals surface area (Å²) in [5.41, 5.74) is 6.69. The maximum atomic E-state index is 5.92. The summed E-state index contributed by atoms with van der Waals surface area (Å²) in [6.07, 6.45) is 4.57. The summed E-state index contributed by atoms with van der Waals surface area (Å²) in [6.45, 7) is 5.41. The first-order valence-corrected chi connectivity index (χ1v) is 8.64. The van der Waals surface area contributed by atoms with Gasteiger partial charge in [0.15, 0.2) is 0 Å². The summed E-state index contributed by atoms with van der Waals surface area (Å²) >= 11 is 0. The van der Waals surface area contributed by atoms with E-state index in [0.29, 0.717) is 19.1 Å². The van der Waals surface area contributed by atoms with Gasteiger partial charge in [0.05, 0.1) is 11.6 Å². The number of hydrogen-bond acceptors (Lipinski definition) is 5. The molecule has 1 aromatic carbocycles. The van der Waals surface area contributed by atoms with E-state index in [4.69, 9.17) is 15.5 Å². The van der Waals surface area contributed by atoms with E-state index in [-0.39, 0.29) is 0 Å². The Balaban J connectivity index is 1.93. The van der Waals surface area contributed by atoms with Gasteiger partial charge < -0.3 is 15.4 Å². The zero-order valence-corrected chi connectivity index (χ0v) is 13.9. The lowest BCUT2D eigenvalue weighted by Crippen LogP contribution is -2.36. The van der Waals surface area contributed by atoms with Crippen molar-refractivity contribution in [1.29, 1.82) is 0 Å². The van der Waals surface area contributed by atoms with Gasteiger partial charge in [-0.3, -0.25) is 0 Å². The third-order valence-electron chi connectivity index (χ3n) is 4.38. The van der Waals surface area contributed by atoms with Gasteiger partial charge in [-0.05, 0) is 44.9 Å². The molecule has 0 unspecified atom stereocenters. The second-order valence-electron chi connectivity index (χ2n) is 6.05. The van der Waals surface area contributed by atoms with E-state index in [0.717, 1.165) is 48.7 Å². The molecule has 1 aliphatic rings. The molecule has 23 heavy (non-hydrogen) atoms. The lowest BCUT2D eigenvalue weighted by molar-refractivity contribution is 0.0210. The molecule has 1 aliphatic heterocycles. The molecule has 2 N–H and O–H groups in total. The van der Waals surface area contributed by atoms with E-state index in [2.05, 4.69) is 22.9 Å². The van der Waals surface area contributed by atoms with E-state index in [9.17, 15) is 0 Å². The number of hydrogen-bond donors (Lipinski definition) is 1. The van der Waals surface area contributed by atoms with Crippen LogP contribution in [0.1, 0.15) is 32.0 Å². The van der Waals surface area contributed by atoms with Crippen LogP contribution in [0.5, 0.6) is 0 Å². The first kappa shape index (κ1) is 16.1. The van der Waals surface area contributed by atoms with Crippen LogP contribution in [0.15, 0.2) is 24.3 Å². The molecule has 1 aromatic heterocycles. The second kappa shape index (κ2) is 7.70. The average Bonchev–Trinajstić information content (AvgIpc) is 2.60. The number of aromatic nitrogens is 2. The van der Waals surface area contributed by atoms with Gasteiger partial charge in [-0.2, -0.15) is 0 Å². The minimum Gasteiger partial charge on any atom is -0.376 e. The fourth-order valence-electron chi connectivity index (χ4n) is 3.15. The van der Waals surface area contributed by atoms with E-state index in [1.807, 2.05) is 18.2 Å². The number of nitrogens with zero attached hydrogens (tertiary/aromatic N) is 3. The van der Waals surface area contributed by atoms with Crippen LogP contribution in [-0.4, -0.2) is 42.3 Å². The van der Waals surface area contributed by atoms with Crippen molar-refractivity contribution in [3.8, 4) is 0 Å². The maximum Gasteiger partial charge on any atom is 0.140 e. The fourth-order valence-corrected chi connectivity index (χ4v) is 3.15. The molecule has 0 saturated carbocycles. The van der Waals surface area contributed by atoms with Crippen LogP contribution < -0.4 is 10.6 Å². The minimum atomic E-state index is 0.301. The third kappa shape index (κ3) is 3.79. The molecule has 2 aromatic rings. The van der Waals surface area contributed by atoms with Crippen molar-refractivity contribution >= 4 is 16.7 Å². The summed E-state index contributed by atoms with van der Waals surface area (Å²) in [6, 6.07) is 8.21. The van der Waals surface area contributed by atoms with Gasteiger partial charge in [0.2, 0.25) is 0 Å². The maximum absolute atomic E-state index is 5.92. The van der Waals surface area contributed by atoms with Crippen LogP contribution >= 0.6 is 0 Å². The molecule has 124 valence electrons. The number of fused-ring (bicyclic) bond motifs is 1. The minimum absolute atomic E-state index is 0.301. The van der Waals surface area contributed by atoms with E-state index < -0.39 is 0 Å². The quantitative estimate of drug-likeness (QED) is 0.887. The third-order valence-corrected chi connectivity index (χ3v) is 4.38. The zero-order chi connectivity index (χ0) is 16.1. The number of para-hydroxylation sites is 1. The van der Waals surface area contributed by atoms with Crippen LogP contribution in [0.25, 0.3) is 10.9 Å². The molecule has 3 rings (SSSR count). The highest BCUT2D eigenvalue weighted by Crippen LogP contribution is 2.25. The Morgan fingerprint density at radius 2 is 2.13 bits per heavy atom. The summed E-state index contributed by atoms with van der Waals surface area (Å²) in [4.78, 5) is 11.8. The monoisotopic (exact) mass is 314 g/mol. The van der Waals surface area contributed by atoms with Crippen molar-refractivity contribution in [3.63, 3.8) is 0 Å². The number of likely N-dealkylation sites (N-methyl/N-ethyl adjacent to an activating group) is 1. The predicted molar refractivity (Wildman–Crippen MR) is 93.8 cm³/mol. The van der Waals surface area contributed by atoms with E-state index in [1.54, 1.807) is 0 Å². The van der Waals surface area contributed by atoms with Crippen molar-refractivity contribution < 1.29 is 4.74 Å². The topological polar surface area (TPSA) is 64.3 Å². The molecule has 1 atom stereocenters.